The van der Waals surface area contributed by atoms with E-state index in [2.05, 4.69) is 5.32 Å². The monoisotopic (exact) mass is 178 g/mol. The highest BCUT2D eigenvalue weighted by Crippen LogP contribution is 2.18. The minimum Gasteiger partial charge on any atom is -0.368 e. The Bertz CT molecular complexity index is 297. The SMILES string of the molecule is CNC(C)(C(N)=O)c1ccccc1. The van der Waals surface area contributed by atoms with E-state index in [0.717, 1.165) is 5.56 Å². The average Bonchev–Trinajstić information content (AvgIpc) is 2.17. The van der Waals surface area contributed by atoms with E-state index in [9.17, 15) is 4.79 Å². The summed E-state index contributed by atoms with van der Waals surface area (Å²) >= 11 is 0. The molecule has 0 fully saturated rings. The molecular formula is C10H14N2O. The Kier molecular flexibility index (Phi) is 2.68. The number of primary amides is 1. The smallest absolute Gasteiger partial charge is 0.242 e. The Labute approximate surface area is 77.9 Å². The van der Waals surface area contributed by atoms with Crippen molar-refractivity contribution in [2.75, 3.05) is 7.05 Å². The summed E-state index contributed by atoms with van der Waals surface area (Å²) in [6.45, 7) is 1.77. The van der Waals surface area contributed by atoms with Crippen molar-refractivity contribution < 1.29 is 4.79 Å². The molecule has 0 aliphatic rings. The van der Waals surface area contributed by atoms with Crippen molar-refractivity contribution in [2.45, 2.75) is 12.5 Å². The fourth-order valence-electron chi connectivity index (χ4n) is 1.18. The summed E-state index contributed by atoms with van der Waals surface area (Å²) < 4.78 is 0. The van der Waals surface area contributed by atoms with Crippen LogP contribution >= 0.6 is 0 Å². The number of benzene rings is 1. The van der Waals surface area contributed by atoms with Gasteiger partial charge < -0.3 is 11.1 Å². The Morgan fingerprint density at radius 2 is 1.92 bits per heavy atom. The predicted molar refractivity (Wildman–Crippen MR) is 52.0 cm³/mol. The number of hydrogen-bond donors (Lipinski definition) is 2. The highest BCUT2D eigenvalue weighted by atomic mass is 16.1. The van der Waals surface area contributed by atoms with E-state index in [1.54, 1.807) is 14.0 Å². The van der Waals surface area contributed by atoms with Gasteiger partial charge in [0.05, 0.1) is 0 Å². The molecule has 1 atom stereocenters. The molecule has 1 aromatic carbocycles. The molecule has 1 unspecified atom stereocenters. The van der Waals surface area contributed by atoms with Gasteiger partial charge in [0.15, 0.2) is 0 Å². The van der Waals surface area contributed by atoms with E-state index >= 15 is 0 Å². The van der Waals surface area contributed by atoms with Gasteiger partial charge in [-0.05, 0) is 19.5 Å². The number of nitrogens with one attached hydrogen (secondary N) is 1. The molecule has 0 aromatic heterocycles. The second kappa shape index (κ2) is 3.58. The zero-order valence-corrected chi connectivity index (χ0v) is 7.87. The van der Waals surface area contributed by atoms with Crippen LogP contribution in [-0.4, -0.2) is 13.0 Å². The van der Waals surface area contributed by atoms with Crippen LogP contribution in [0.4, 0.5) is 0 Å². The van der Waals surface area contributed by atoms with Crippen LogP contribution in [0.3, 0.4) is 0 Å². The van der Waals surface area contributed by atoms with Gasteiger partial charge in [-0.1, -0.05) is 30.3 Å². The van der Waals surface area contributed by atoms with Gasteiger partial charge in [-0.15, -0.1) is 0 Å². The number of amides is 1. The maximum absolute atomic E-state index is 11.2. The summed E-state index contributed by atoms with van der Waals surface area (Å²) in [4.78, 5) is 11.2. The fourth-order valence-corrected chi connectivity index (χ4v) is 1.18. The molecule has 0 aliphatic carbocycles. The maximum Gasteiger partial charge on any atom is 0.242 e. The molecule has 0 aliphatic heterocycles. The molecular weight excluding hydrogens is 164 g/mol. The lowest BCUT2D eigenvalue weighted by atomic mass is 9.92. The minimum absolute atomic E-state index is 0.374. The van der Waals surface area contributed by atoms with Crippen molar-refractivity contribution in [3.63, 3.8) is 0 Å². The molecule has 3 nitrogen and oxygen atoms in total. The Hall–Kier alpha value is -1.35. The third-order valence-electron chi connectivity index (χ3n) is 2.34. The van der Waals surface area contributed by atoms with Crippen molar-refractivity contribution in [1.29, 1.82) is 0 Å². The van der Waals surface area contributed by atoms with Gasteiger partial charge in [0, 0.05) is 0 Å². The van der Waals surface area contributed by atoms with Crippen LogP contribution in [0.1, 0.15) is 12.5 Å². The number of likely N-dealkylation sites (N-methyl/N-ethyl adjacent to an activating group) is 1. The lowest BCUT2D eigenvalue weighted by Gasteiger charge is -2.25. The first kappa shape index (κ1) is 9.74. The maximum atomic E-state index is 11.2. The third kappa shape index (κ3) is 1.70. The molecule has 1 rings (SSSR count). The molecule has 0 heterocycles. The van der Waals surface area contributed by atoms with E-state index in [-0.39, 0.29) is 5.91 Å². The summed E-state index contributed by atoms with van der Waals surface area (Å²) in [7, 11) is 1.72. The van der Waals surface area contributed by atoms with Crippen LogP contribution in [0, 0.1) is 0 Å². The summed E-state index contributed by atoms with van der Waals surface area (Å²) in [5.41, 5.74) is 5.42. The van der Waals surface area contributed by atoms with E-state index in [1.807, 2.05) is 30.3 Å². The largest absolute Gasteiger partial charge is 0.368 e. The van der Waals surface area contributed by atoms with E-state index < -0.39 is 5.54 Å². The molecule has 0 saturated carbocycles. The van der Waals surface area contributed by atoms with Gasteiger partial charge in [0.25, 0.3) is 0 Å². The number of hydrogen-bond acceptors (Lipinski definition) is 2. The second-order valence-corrected chi connectivity index (χ2v) is 3.11. The van der Waals surface area contributed by atoms with Crippen LogP contribution in [0.2, 0.25) is 0 Å². The molecule has 1 aromatic rings. The Balaban J connectivity index is 3.11. The van der Waals surface area contributed by atoms with Gasteiger partial charge in [0.1, 0.15) is 5.54 Å². The quantitative estimate of drug-likeness (QED) is 0.712. The van der Waals surface area contributed by atoms with Crippen LogP contribution in [-0.2, 0) is 10.3 Å². The van der Waals surface area contributed by atoms with Gasteiger partial charge in [0.2, 0.25) is 5.91 Å². The molecule has 0 spiro atoms. The average molecular weight is 178 g/mol. The summed E-state index contributed by atoms with van der Waals surface area (Å²) in [5, 5.41) is 2.92. The second-order valence-electron chi connectivity index (χ2n) is 3.11. The predicted octanol–water partition coefficient (Wildman–Crippen LogP) is 0.606. The van der Waals surface area contributed by atoms with Gasteiger partial charge in [-0.25, -0.2) is 0 Å². The summed E-state index contributed by atoms with van der Waals surface area (Å²) in [6.07, 6.45) is 0. The Morgan fingerprint density at radius 3 is 2.31 bits per heavy atom. The molecule has 0 bridgehead atoms. The van der Waals surface area contributed by atoms with Crippen molar-refractivity contribution in [3.8, 4) is 0 Å². The van der Waals surface area contributed by atoms with Crippen LogP contribution in [0.15, 0.2) is 30.3 Å². The number of nitrogens with two attached hydrogens (primary N) is 1. The van der Waals surface area contributed by atoms with Crippen LogP contribution < -0.4 is 11.1 Å². The third-order valence-corrected chi connectivity index (χ3v) is 2.34. The molecule has 1 amide bonds. The first-order chi connectivity index (χ1) is 6.11. The van der Waals surface area contributed by atoms with Gasteiger partial charge >= 0.3 is 0 Å². The van der Waals surface area contributed by atoms with Crippen LogP contribution in [0.25, 0.3) is 0 Å². The number of rotatable bonds is 3. The van der Waals surface area contributed by atoms with E-state index in [0.29, 0.717) is 0 Å². The van der Waals surface area contributed by atoms with Crippen molar-refractivity contribution in [3.05, 3.63) is 35.9 Å². The topological polar surface area (TPSA) is 55.1 Å². The van der Waals surface area contributed by atoms with Crippen molar-refractivity contribution >= 4 is 5.91 Å². The van der Waals surface area contributed by atoms with Crippen molar-refractivity contribution in [1.82, 2.24) is 5.32 Å². The van der Waals surface area contributed by atoms with Crippen molar-refractivity contribution in [2.24, 2.45) is 5.73 Å². The molecule has 3 heteroatoms. The number of carbonyl (C=O) groups is 1. The lowest BCUT2D eigenvalue weighted by Crippen LogP contribution is -2.48. The van der Waals surface area contributed by atoms with Crippen LogP contribution in [0.5, 0.6) is 0 Å². The van der Waals surface area contributed by atoms with E-state index in [4.69, 9.17) is 5.73 Å². The minimum atomic E-state index is -0.777. The Morgan fingerprint density at radius 1 is 1.38 bits per heavy atom. The summed E-state index contributed by atoms with van der Waals surface area (Å²) in [6, 6.07) is 9.42. The normalized spacial score (nSPS) is 14.9. The fraction of sp³-hybridized carbons (Fsp3) is 0.300. The van der Waals surface area contributed by atoms with Gasteiger partial charge in [-0.3, -0.25) is 4.79 Å². The number of carbonyl (C=O) groups excluding carboxylic acids is 1. The zero-order chi connectivity index (χ0) is 9.90. The zero-order valence-electron chi connectivity index (χ0n) is 7.87. The standard InChI is InChI=1S/C10H14N2O/c1-10(12-2,9(11)13)8-6-4-3-5-7-8/h3-7,12H,1-2H3,(H2,11,13). The summed E-state index contributed by atoms with van der Waals surface area (Å²) in [5.74, 6) is -0.374. The first-order valence-electron chi connectivity index (χ1n) is 4.15. The first-order valence-corrected chi connectivity index (χ1v) is 4.15. The van der Waals surface area contributed by atoms with Gasteiger partial charge in [-0.2, -0.15) is 0 Å². The molecule has 70 valence electrons. The molecule has 13 heavy (non-hydrogen) atoms. The lowest BCUT2D eigenvalue weighted by molar-refractivity contribution is -0.123. The molecule has 0 radical (unpaired) electrons. The highest BCUT2D eigenvalue weighted by Gasteiger charge is 2.30. The highest BCUT2D eigenvalue weighted by molar-refractivity contribution is 5.85. The molecule has 0 saturated heterocycles. The molecule has 3 N–H and O–H groups in total. The van der Waals surface area contributed by atoms with E-state index in [1.165, 1.54) is 0 Å².